The van der Waals surface area contributed by atoms with Gasteiger partial charge in [0.25, 0.3) is 0 Å². The van der Waals surface area contributed by atoms with Crippen LogP contribution in [0.25, 0.3) is 11.6 Å². The van der Waals surface area contributed by atoms with Gasteiger partial charge in [-0.15, -0.1) is 0 Å². The lowest BCUT2D eigenvalue weighted by Crippen LogP contribution is -1.96. The molecule has 0 saturated carbocycles. The number of ether oxygens (including phenoxy) is 1. The fourth-order valence-corrected chi connectivity index (χ4v) is 2.58. The Kier molecular flexibility index (Phi) is 4.20. The Hall–Kier alpha value is -2.54. The summed E-state index contributed by atoms with van der Waals surface area (Å²) in [5.41, 5.74) is 1.92. The molecule has 1 heterocycles. The normalized spacial score (nSPS) is 15.7. The molecule has 0 radical (unpaired) electrons. The summed E-state index contributed by atoms with van der Waals surface area (Å²) in [4.78, 5) is 11.9. The van der Waals surface area contributed by atoms with E-state index in [0.29, 0.717) is 21.4 Å². The molecule has 3 nitrogen and oxygen atoms in total. The van der Waals surface area contributed by atoms with Crippen LogP contribution in [-0.4, -0.2) is 5.97 Å². The number of esters is 1. The number of hydrogen-bond donors (Lipinski definition) is 0. The van der Waals surface area contributed by atoms with Gasteiger partial charge in [0.2, 0.25) is 0 Å². The van der Waals surface area contributed by atoms with Gasteiger partial charge in [0.05, 0.1) is 10.0 Å². The lowest BCUT2D eigenvalue weighted by atomic mass is 9.99. The van der Waals surface area contributed by atoms with Crippen molar-refractivity contribution >= 4 is 40.8 Å². The van der Waals surface area contributed by atoms with Crippen LogP contribution in [0.2, 0.25) is 10.0 Å². The van der Waals surface area contributed by atoms with Crippen LogP contribution in [0, 0.1) is 11.3 Å². The first-order chi connectivity index (χ1) is 11.1. The molecule has 0 saturated heterocycles. The molecule has 0 fully saturated rings. The Morgan fingerprint density at radius 1 is 1.04 bits per heavy atom. The third-order valence-electron chi connectivity index (χ3n) is 3.32. The number of benzene rings is 2. The summed E-state index contributed by atoms with van der Waals surface area (Å²) in [5.74, 6) is -0.339. The molecule has 1 aliphatic heterocycles. The maximum absolute atomic E-state index is 11.9. The second-order valence-electron chi connectivity index (χ2n) is 4.80. The summed E-state index contributed by atoms with van der Waals surface area (Å²) in [7, 11) is 0. The van der Waals surface area contributed by atoms with Crippen molar-refractivity contribution in [3.63, 3.8) is 0 Å². The highest BCUT2D eigenvalue weighted by molar-refractivity contribution is 6.42. The van der Waals surface area contributed by atoms with Crippen LogP contribution in [0.15, 0.2) is 59.9 Å². The predicted molar refractivity (Wildman–Crippen MR) is 89.5 cm³/mol. The van der Waals surface area contributed by atoms with Gasteiger partial charge in [-0.2, -0.15) is 5.26 Å². The molecule has 0 aliphatic carbocycles. The smallest absolute Gasteiger partial charge is 0.355 e. The minimum Gasteiger partial charge on any atom is -0.422 e. The van der Waals surface area contributed by atoms with Crippen molar-refractivity contribution in [3.8, 4) is 6.07 Å². The van der Waals surface area contributed by atoms with Gasteiger partial charge < -0.3 is 4.74 Å². The SMILES string of the molecule is N#CC1=C(c2ccccc2)/C(=C\c2ccc(Cl)c(Cl)c2)OC1=O. The van der Waals surface area contributed by atoms with E-state index in [1.807, 2.05) is 36.4 Å². The van der Waals surface area contributed by atoms with E-state index in [2.05, 4.69) is 0 Å². The van der Waals surface area contributed by atoms with E-state index in [1.54, 1.807) is 24.3 Å². The maximum atomic E-state index is 11.9. The Morgan fingerprint density at radius 2 is 1.78 bits per heavy atom. The summed E-state index contributed by atoms with van der Waals surface area (Å²) in [5, 5.41) is 10.1. The summed E-state index contributed by atoms with van der Waals surface area (Å²) in [6.45, 7) is 0. The molecule has 1 aliphatic rings. The third-order valence-corrected chi connectivity index (χ3v) is 4.06. The number of hydrogen-bond acceptors (Lipinski definition) is 3. The van der Waals surface area contributed by atoms with E-state index >= 15 is 0 Å². The standard InChI is InChI=1S/C18H9Cl2NO2/c19-14-7-6-11(8-15(14)20)9-16-17(12-4-2-1-3-5-12)13(10-21)18(22)23-16/h1-9H/b16-9+. The number of cyclic esters (lactones) is 1. The second-order valence-corrected chi connectivity index (χ2v) is 5.61. The molecule has 5 heteroatoms. The van der Waals surface area contributed by atoms with E-state index in [1.165, 1.54) is 0 Å². The summed E-state index contributed by atoms with van der Waals surface area (Å²) >= 11 is 11.9. The number of carbonyl (C=O) groups excluding carboxylic acids is 1. The van der Waals surface area contributed by atoms with Crippen molar-refractivity contribution < 1.29 is 9.53 Å². The van der Waals surface area contributed by atoms with Gasteiger partial charge in [0, 0.05) is 5.57 Å². The van der Waals surface area contributed by atoms with Crippen molar-refractivity contribution in [2.45, 2.75) is 0 Å². The molecule has 0 aromatic heterocycles. The molecule has 0 amide bonds. The fourth-order valence-electron chi connectivity index (χ4n) is 2.28. The Bertz CT molecular complexity index is 893. The molecule has 0 unspecified atom stereocenters. The zero-order valence-electron chi connectivity index (χ0n) is 11.7. The number of rotatable bonds is 2. The minimum absolute atomic E-state index is 0.0116. The van der Waals surface area contributed by atoms with Gasteiger partial charge in [0.1, 0.15) is 17.4 Å². The molecule has 0 spiro atoms. The summed E-state index contributed by atoms with van der Waals surface area (Å²) < 4.78 is 5.26. The van der Waals surface area contributed by atoms with Crippen LogP contribution in [0.3, 0.4) is 0 Å². The van der Waals surface area contributed by atoms with Crippen LogP contribution < -0.4 is 0 Å². The van der Waals surface area contributed by atoms with Crippen molar-refractivity contribution in [1.82, 2.24) is 0 Å². The predicted octanol–water partition coefficient (Wildman–Crippen LogP) is 4.87. The third kappa shape index (κ3) is 3.00. The van der Waals surface area contributed by atoms with Crippen LogP contribution in [0.5, 0.6) is 0 Å². The molecule has 2 aromatic rings. The van der Waals surface area contributed by atoms with Crippen LogP contribution in [0.4, 0.5) is 0 Å². The molecule has 3 rings (SSSR count). The summed E-state index contributed by atoms with van der Waals surface area (Å²) in [6.07, 6.45) is 1.66. The van der Waals surface area contributed by atoms with Crippen LogP contribution >= 0.6 is 23.2 Å². The monoisotopic (exact) mass is 341 g/mol. The quantitative estimate of drug-likeness (QED) is 0.732. The molecule has 0 N–H and O–H groups in total. The number of halogens is 2. The van der Waals surface area contributed by atoms with E-state index < -0.39 is 5.97 Å². The lowest BCUT2D eigenvalue weighted by molar-refractivity contribution is -0.132. The molecule has 23 heavy (non-hydrogen) atoms. The number of allylic oxidation sites excluding steroid dienone is 1. The summed E-state index contributed by atoms with van der Waals surface area (Å²) in [6, 6.07) is 16.1. The Balaban J connectivity index is 2.13. The van der Waals surface area contributed by atoms with Crippen molar-refractivity contribution in [1.29, 1.82) is 5.26 Å². The van der Waals surface area contributed by atoms with Crippen LogP contribution in [0.1, 0.15) is 11.1 Å². The maximum Gasteiger partial charge on any atom is 0.355 e. The number of nitriles is 1. The largest absolute Gasteiger partial charge is 0.422 e. The molecule has 112 valence electrons. The molecule has 0 bridgehead atoms. The first-order valence-corrected chi connectivity index (χ1v) is 7.45. The lowest BCUT2D eigenvalue weighted by Gasteiger charge is -2.05. The van der Waals surface area contributed by atoms with Gasteiger partial charge >= 0.3 is 5.97 Å². The van der Waals surface area contributed by atoms with Crippen molar-refractivity contribution in [2.75, 3.05) is 0 Å². The average molecular weight is 342 g/mol. The highest BCUT2D eigenvalue weighted by Gasteiger charge is 2.30. The second kappa shape index (κ2) is 6.29. The van der Waals surface area contributed by atoms with E-state index in [4.69, 9.17) is 27.9 Å². The average Bonchev–Trinajstić information content (AvgIpc) is 2.87. The zero-order valence-corrected chi connectivity index (χ0v) is 13.2. The fraction of sp³-hybridized carbons (Fsp3) is 0. The minimum atomic E-state index is -0.655. The van der Waals surface area contributed by atoms with Gasteiger partial charge in [0.15, 0.2) is 0 Å². The first kappa shape index (κ1) is 15.4. The number of carbonyl (C=O) groups is 1. The van der Waals surface area contributed by atoms with Gasteiger partial charge in [-0.3, -0.25) is 0 Å². The number of nitrogens with zero attached hydrogens (tertiary/aromatic N) is 1. The van der Waals surface area contributed by atoms with Crippen LogP contribution in [-0.2, 0) is 9.53 Å². The Labute approximate surface area is 143 Å². The molecular formula is C18H9Cl2NO2. The van der Waals surface area contributed by atoms with E-state index in [-0.39, 0.29) is 5.57 Å². The topological polar surface area (TPSA) is 50.1 Å². The van der Waals surface area contributed by atoms with E-state index in [0.717, 1.165) is 11.1 Å². The first-order valence-electron chi connectivity index (χ1n) is 6.69. The van der Waals surface area contributed by atoms with Gasteiger partial charge in [-0.1, -0.05) is 59.6 Å². The molecule has 0 atom stereocenters. The highest BCUT2D eigenvalue weighted by Crippen LogP contribution is 2.36. The molecule has 2 aromatic carbocycles. The van der Waals surface area contributed by atoms with Gasteiger partial charge in [-0.05, 0) is 29.3 Å². The van der Waals surface area contributed by atoms with Gasteiger partial charge in [-0.25, -0.2) is 4.79 Å². The van der Waals surface area contributed by atoms with Crippen molar-refractivity contribution in [2.24, 2.45) is 0 Å². The molecular weight excluding hydrogens is 333 g/mol. The Morgan fingerprint density at radius 3 is 2.43 bits per heavy atom. The highest BCUT2D eigenvalue weighted by atomic mass is 35.5. The van der Waals surface area contributed by atoms with E-state index in [9.17, 15) is 10.1 Å². The zero-order chi connectivity index (χ0) is 16.4. The van der Waals surface area contributed by atoms with Crippen molar-refractivity contribution in [3.05, 3.63) is 81.0 Å².